The van der Waals surface area contributed by atoms with Crippen LogP contribution in [0.25, 0.3) is 0 Å². The van der Waals surface area contributed by atoms with Gasteiger partial charge in [-0.1, -0.05) is 0 Å². The van der Waals surface area contributed by atoms with E-state index in [0.717, 1.165) is 4.90 Å². The molecule has 0 atom stereocenters. The third-order valence-corrected chi connectivity index (χ3v) is 5.33. The maximum atomic E-state index is 13.1. The molecule has 0 radical (unpaired) electrons. The molecular weight excluding hydrogens is 470 g/mol. The summed E-state index contributed by atoms with van der Waals surface area (Å²) < 4.78 is 88.9. The van der Waals surface area contributed by atoms with Crippen LogP contribution >= 0.6 is 0 Å². The maximum Gasteiger partial charge on any atom is 0.416 e. The molecule has 2 aromatic carbocycles. The maximum absolute atomic E-state index is 13.1. The number of hydrogen-bond donors (Lipinski definition) is 0. The molecule has 1 aliphatic heterocycles. The van der Waals surface area contributed by atoms with Crippen LogP contribution in [-0.2, 0) is 12.4 Å². The van der Waals surface area contributed by atoms with Crippen molar-refractivity contribution in [3.8, 4) is 11.5 Å². The number of benzene rings is 2. The van der Waals surface area contributed by atoms with E-state index in [1.807, 2.05) is 0 Å². The van der Waals surface area contributed by atoms with Crippen molar-refractivity contribution in [3.05, 3.63) is 58.7 Å². The number of piperazine rings is 1. The minimum atomic E-state index is -5.06. The van der Waals surface area contributed by atoms with Gasteiger partial charge in [0.1, 0.15) is 11.5 Å². The van der Waals surface area contributed by atoms with Crippen LogP contribution in [0.1, 0.15) is 31.8 Å². The van der Waals surface area contributed by atoms with Gasteiger partial charge >= 0.3 is 12.4 Å². The number of ether oxygens (including phenoxy) is 2. The van der Waals surface area contributed by atoms with Gasteiger partial charge in [-0.05, 0) is 30.3 Å². The molecule has 0 N–H and O–H groups in total. The van der Waals surface area contributed by atoms with Crippen LogP contribution in [0.4, 0.5) is 26.3 Å². The summed E-state index contributed by atoms with van der Waals surface area (Å²) in [7, 11) is 2.83. The van der Waals surface area contributed by atoms with Gasteiger partial charge in [-0.25, -0.2) is 0 Å². The summed E-state index contributed by atoms with van der Waals surface area (Å²) in [5, 5.41) is 0. The number of alkyl halides is 6. The third-order valence-electron chi connectivity index (χ3n) is 5.33. The third kappa shape index (κ3) is 5.37. The highest BCUT2D eigenvalue weighted by Crippen LogP contribution is 2.36. The monoisotopic (exact) mass is 490 g/mol. The van der Waals surface area contributed by atoms with E-state index in [-0.39, 0.29) is 43.6 Å². The molecule has 2 aromatic rings. The lowest BCUT2D eigenvalue weighted by Gasteiger charge is -2.35. The van der Waals surface area contributed by atoms with Gasteiger partial charge in [-0.15, -0.1) is 0 Å². The van der Waals surface area contributed by atoms with E-state index < -0.39 is 40.9 Å². The Bertz CT molecular complexity index is 1040. The van der Waals surface area contributed by atoms with Gasteiger partial charge < -0.3 is 19.3 Å². The van der Waals surface area contributed by atoms with Gasteiger partial charge in [-0.3, -0.25) is 9.59 Å². The Hall–Kier alpha value is -3.44. The summed E-state index contributed by atoms with van der Waals surface area (Å²) in [6.45, 7) is -0.0724. The molecule has 0 aromatic heterocycles. The summed E-state index contributed by atoms with van der Waals surface area (Å²) in [6, 6.07) is 5.38. The Morgan fingerprint density at radius 1 is 0.735 bits per heavy atom. The fraction of sp³-hybridized carbons (Fsp3) is 0.364. The van der Waals surface area contributed by atoms with Crippen molar-refractivity contribution < 1.29 is 45.4 Å². The lowest BCUT2D eigenvalue weighted by Crippen LogP contribution is -2.50. The SMILES string of the molecule is COc1ccc(C(=O)N2CCN(C(=O)c3cc(C(F)(F)F)cc(C(F)(F)F)c3)CC2)c(OC)c1. The van der Waals surface area contributed by atoms with Crippen LogP contribution in [-0.4, -0.2) is 62.0 Å². The van der Waals surface area contributed by atoms with Gasteiger partial charge in [-0.2, -0.15) is 26.3 Å². The highest BCUT2D eigenvalue weighted by molar-refractivity contribution is 5.98. The molecule has 0 aliphatic carbocycles. The summed E-state index contributed by atoms with van der Waals surface area (Å²) in [4.78, 5) is 28.2. The van der Waals surface area contributed by atoms with Gasteiger partial charge in [0.25, 0.3) is 11.8 Å². The predicted octanol–water partition coefficient (Wildman–Crippen LogP) is 4.34. The first-order chi connectivity index (χ1) is 15.8. The number of carbonyl (C=O) groups is 2. The smallest absolute Gasteiger partial charge is 0.416 e. The van der Waals surface area contributed by atoms with E-state index in [0.29, 0.717) is 17.9 Å². The molecule has 3 rings (SSSR count). The molecule has 1 saturated heterocycles. The number of hydrogen-bond acceptors (Lipinski definition) is 4. The number of methoxy groups -OCH3 is 2. The van der Waals surface area contributed by atoms with Gasteiger partial charge in [0, 0.05) is 37.8 Å². The Morgan fingerprint density at radius 2 is 1.24 bits per heavy atom. The zero-order valence-corrected chi connectivity index (χ0v) is 18.1. The molecule has 1 fully saturated rings. The second kappa shape index (κ2) is 9.43. The lowest BCUT2D eigenvalue weighted by atomic mass is 10.0. The van der Waals surface area contributed by atoms with Gasteiger partial charge in [0.15, 0.2) is 0 Å². The molecule has 34 heavy (non-hydrogen) atoms. The molecule has 0 bridgehead atoms. The van der Waals surface area contributed by atoms with Crippen molar-refractivity contribution in [3.63, 3.8) is 0 Å². The fourth-order valence-electron chi connectivity index (χ4n) is 3.52. The first kappa shape index (κ1) is 25.2. The molecule has 1 heterocycles. The van der Waals surface area contributed by atoms with Crippen molar-refractivity contribution in [1.29, 1.82) is 0 Å². The standard InChI is InChI=1S/C22H20F6N2O4/c1-33-16-3-4-17(18(12-16)34-2)20(32)30-7-5-29(6-8-30)19(31)13-9-14(21(23,24)25)11-15(10-13)22(26,27)28/h3-4,9-12H,5-8H2,1-2H3. The first-order valence-electron chi connectivity index (χ1n) is 9.95. The van der Waals surface area contributed by atoms with Crippen molar-refractivity contribution in [2.45, 2.75) is 12.4 Å². The van der Waals surface area contributed by atoms with Crippen LogP contribution in [0.3, 0.4) is 0 Å². The molecule has 184 valence electrons. The van der Waals surface area contributed by atoms with Crippen LogP contribution < -0.4 is 9.47 Å². The van der Waals surface area contributed by atoms with Crippen molar-refractivity contribution in [2.75, 3.05) is 40.4 Å². The summed E-state index contributed by atoms with van der Waals surface area (Å²) in [5.41, 5.74) is -3.60. The minimum Gasteiger partial charge on any atom is -0.497 e. The predicted molar refractivity (Wildman–Crippen MR) is 108 cm³/mol. The number of amides is 2. The zero-order valence-electron chi connectivity index (χ0n) is 18.1. The summed E-state index contributed by atoms with van der Waals surface area (Å²) in [5.74, 6) is -0.634. The molecule has 0 unspecified atom stereocenters. The minimum absolute atomic E-state index is 0.0321. The van der Waals surface area contributed by atoms with Crippen LogP contribution in [0.5, 0.6) is 11.5 Å². The highest BCUT2D eigenvalue weighted by Gasteiger charge is 2.38. The van der Waals surface area contributed by atoms with E-state index in [1.165, 1.54) is 31.3 Å². The second-order valence-corrected chi connectivity index (χ2v) is 7.45. The Morgan fingerprint density at radius 3 is 1.68 bits per heavy atom. The number of carbonyl (C=O) groups excluding carboxylic acids is 2. The molecule has 2 amide bonds. The number of halogens is 6. The number of nitrogens with zero attached hydrogens (tertiary/aromatic N) is 2. The van der Waals surface area contributed by atoms with E-state index in [1.54, 1.807) is 6.07 Å². The fourth-order valence-corrected chi connectivity index (χ4v) is 3.52. The topological polar surface area (TPSA) is 59.1 Å². The van der Waals surface area contributed by atoms with Crippen molar-refractivity contribution >= 4 is 11.8 Å². The Labute approximate surface area is 190 Å². The molecular formula is C22H20F6N2O4. The van der Waals surface area contributed by atoms with Crippen molar-refractivity contribution in [2.24, 2.45) is 0 Å². The molecule has 0 spiro atoms. The average molecular weight is 490 g/mol. The van der Waals surface area contributed by atoms with Crippen LogP contribution in [0.2, 0.25) is 0 Å². The molecule has 12 heteroatoms. The Balaban J connectivity index is 1.77. The first-order valence-corrected chi connectivity index (χ1v) is 9.95. The summed E-state index contributed by atoms with van der Waals surface area (Å²) >= 11 is 0. The van der Waals surface area contributed by atoms with Crippen LogP contribution in [0, 0.1) is 0 Å². The van der Waals surface area contributed by atoms with Crippen LogP contribution in [0.15, 0.2) is 36.4 Å². The molecule has 0 saturated carbocycles. The largest absolute Gasteiger partial charge is 0.497 e. The molecule has 1 aliphatic rings. The highest BCUT2D eigenvalue weighted by atomic mass is 19.4. The average Bonchev–Trinajstić information content (AvgIpc) is 2.81. The van der Waals surface area contributed by atoms with Gasteiger partial charge in [0.2, 0.25) is 0 Å². The lowest BCUT2D eigenvalue weighted by molar-refractivity contribution is -0.143. The van der Waals surface area contributed by atoms with E-state index in [4.69, 9.17) is 9.47 Å². The normalized spacial score (nSPS) is 14.7. The quantitative estimate of drug-likeness (QED) is 0.599. The van der Waals surface area contributed by atoms with Crippen molar-refractivity contribution in [1.82, 2.24) is 9.80 Å². The number of rotatable bonds is 4. The van der Waals surface area contributed by atoms with E-state index >= 15 is 0 Å². The second-order valence-electron chi connectivity index (χ2n) is 7.45. The zero-order chi connectivity index (χ0) is 25.3. The van der Waals surface area contributed by atoms with Gasteiger partial charge in [0.05, 0.1) is 30.9 Å². The van der Waals surface area contributed by atoms with E-state index in [2.05, 4.69) is 0 Å². The Kier molecular flexibility index (Phi) is 6.99. The van der Waals surface area contributed by atoms with E-state index in [9.17, 15) is 35.9 Å². The summed E-state index contributed by atoms with van der Waals surface area (Å²) in [6.07, 6.45) is -10.1. The molecule has 6 nitrogen and oxygen atoms in total.